The molecular weight excluding hydrogens is 530 g/mol. The molecule has 5 aromatic rings. The Bertz CT molecular complexity index is 1700. The van der Waals surface area contributed by atoms with E-state index < -0.39 is 5.91 Å². The minimum absolute atomic E-state index is 0.101. The zero-order valence-electron chi connectivity index (χ0n) is 22.0. The van der Waals surface area contributed by atoms with Gasteiger partial charge >= 0.3 is 0 Å². The molecular formula is C34H27N3O3S. The van der Waals surface area contributed by atoms with Crippen LogP contribution in [0.2, 0.25) is 0 Å². The number of hydrogen-bond donors (Lipinski definition) is 3. The highest BCUT2D eigenvalue weighted by Gasteiger charge is 2.16. The van der Waals surface area contributed by atoms with Crippen LogP contribution in [0.3, 0.4) is 0 Å². The number of carbonyl (C=O) groups excluding carboxylic acids is 3. The third-order valence-corrected chi connectivity index (χ3v) is 7.20. The second kappa shape index (κ2) is 13.3. The largest absolute Gasteiger partial charge is 0.325 e. The molecule has 0 aliphatic heterocycles. The molecule has 5 aromatic carbocycles. The zero-order valence-corrected chi connectivity index (χ0v) is 22.9. The van der Waals surface area contributed by atoms with Crippen molar-refractivity contribution in [3.8, 4) is 0 Å². The minimum atomic E-state index is -0.454. The molecule has 0 aliphatic carbocycles. The quantitative estimate of drug-likeness (QED) is 0.135. The average molecular weight is 558 g/mol. The lowest BCUT2D eigenvalue weighted by atomic mass is 10.0. The van der Waals surface area contributed by atoms with Crippen molar-refractivity contribution in [3.05, 3.63) is 144 Å². The molecule has 5 rings (SSSR count). The maximum atomic E-state index is 13.4. The average Bonchev–Trinajstić information content (AvgIpc) is 3.01. The lowest BCUT2D eigenvalue weighted by Crippen LogP contribution is -2.30. The summed E-state index contributed by atoms with van der Waals surface area (Å²) >= 11 is 1.40. The number of hydrogen-bond acceptors (Lipinski definition) is 4. The predicted molar refractivity (Wildman–Crippen MR) is 167 cm³/mol. The summed E-state index contributed by atoms with van der Waals surface area (Å²) in [5, 5.41) is 10.5. The monoisotopic (exact) mass is 557 g/mol. The van der Waals surface area contributed by atoms with Crippen LogP contribution in [0.5, 0.6) is 0 Å². The van der Waals surface area contributed by atoms with Gasteiger partial charge in [0.25, 0.3) is 11.8 Å². The maximum Gasteiger partial charge on any atom is 0.272 e. The molecule has 0 saturated carbocycles. The molecule has 202 valence electrons. The zero-order chi connectivity index (χ0) is 28.4. The van der Waals surface area contributed by atoms with Gasteiger partial charge in [-0.15, -0.1) is 11.8 Å². The summed E-state index contributed by atoms with van der Waals surface area (Å²) in [5.41, 5.74) is 2.68. The maximum absolute atomic E-state index is 13.4. The van der Waals surface area contributed by atoms with E-state index in [0.29, 0.717) is 11.3 Å². The third kappa shape index (κ3) is 7.50. The van der Waals surface area contributed by atoms with Crippen LogP contribution in [0.4, 0.5) is 11.4 Å². The van der Waals surface area contributed by atoms with Gasteiger partial charge in [0.05, 0.1) is 5.75 Å². The smallest absolute Gasteiger partial charge is 0.272 e. The van der Waals surface area contributed by atoms with Crippen LogP contribution in [0.25, 0.3) is 16.8 Å². The lowest BCUT2D eigenvalue weighted by Gasteiger charge is -2.12. The Labute approximate surface area is 242 Å². The van der Waals surface area contributed by atoms with Gasteiger partial charge in [-0.2, -0.15) is 0 Å². The molecule has 0 heterocycles. The van der Waals surface area contributed by atoms with Crippen molar-refractivity contribution in [1.29, 1.82) is 0 Å². The minimum Gasteiger partial charge on any atom is -0.325 e. The van der Waals surface area contributed by atoms with Crippen molar-refractivity contribution in [1.82, 2.24) is 5.32 Å². The van der Waals surface area contributed by atoms with E-state index in [4.69, 9.17) is 0 Å². The Hall–Kier alpha value is -5.14. The van der Waals surface area contributed by atoms with Gasteiger partial charge in [0.1, 0.15) is 5.70 Å². The van der Waals surface area contributed by atoms with E-state index in [1.165, 1.54) is 11.8 Å². The molecule has 0 aliphatic rings. The number of nitrogens with one attached hydrogen (secondary N) is 3. The van der Waals surface area contributed by atoms with Crippen molar-refractivity contribution in [2.45, 2.75) is 4.90 Å². The first-order valence-electron chi connectivity index (χ1n) is 13.0. The van der Waals surface area contributed by atoms with Crippen molar-refractivity contribution in [2.24, 2.45) is 0 Å². The van der Waals surface area contributed by atoms with Crippen LogP contribution in [0.1, 0.15) is 15.9 Å². The number of rotatable bonds is 9. The van der Waals surface area contributed by atoms with Crippen LogP contribution >= 0.6 is 11.8 Å². The van der Waals surface area contributed by atoms with Gasteiger partial charge in [-0.3, -0.25) is 14.4 Å². The summed E-state index contributed by atoms with van der Waals surface area (Å²) in [4.78, 5) is 39.6. The van der Waals surface area contributed by atoms with E-state index >= 15 is 0 Å². The van der Waals surface area contributed by atoms with E-state index in [2.05, 4.69) is 16.0 Å². The molecule has 0 atom stereocenters. The van der Waals surface area contributed by atoms with Gasteiger partial charge in [0, 0.05) is 21.8 Å². The first-order chi connectivity index (χ1) is 20.0. The van der Waals surface area contributed by atoms with Gasteiger partial charge in [-0.05, 0) is 70.9 Å². The number of benzene rings is 5. The Morgan fingerprint density at radius 2 is 1.27 bits per heavy atom. The first kappa shape index (κ1) is 27.4. The van der Waals surface area contributed by atoms with E-state index in [1.54, 1.807) is 42.5 Å². The normalized spacial score (nSPS) is 11.1. The van der Waals surface area contributed by atoms with E-state index in [-0.39, 0.29) is 23.3 Å². The molecule has 0 bridgehead atoms. The van der Waals surface area contributed by atoms with E-state index in [0.717, 1.165) is 26.9 Å². The molecule has 0 radical (unpaired) electrons. The van der Waals surface area contributed by atoms with Gasteiger partial charge in [-0.25, -0.2) is 0 Å². The van der Waals surface area contributed by atoms with Crippen LogP contribution in [0.15, 0.2) is 138 Å². The fourth-order valence-corrected chi connectivity index (χ4v) is 4.87. The second-order valence-corrected chi connectivity index (χ2v) is 10.2. The Kier molecular flexibility index (Phi) is 8.88. The summed E-state index contributed by atoms with van der Waals surface area (Å²) in [6.45, 7) is 0. The molecule has 7 heteroatoms. The van der Waals surface area contributed by atoms with Crippen molar-refractivity contribution in [2.75, 3.05) is 16.4 Å². The molecule has 3 N–H and O–H groups in total. The number of para-hydroxylation sites is 1. The van der Waals surface area contributed by atoms with Gasteiger partial charge in [0.2, 0.25) is 5.91 Å². The first-order valence-corrected chi connectivity index (χ1v) is 14.0. The highest BCUT2D eigenvalue weighted by atomic mass is 32.2. The second-order valence-electron chi connectivity index (χ2n) is 9.13. The fraction of sp³-hybridized carbons (Fsp3) is 0.0294. The molecule has 0 unspecified atom stereocenters. The van der Waals surface area contributed by atoms with E-state index in [9.17, 15) is 14.4 Å². The van der Waals surface area contributed by atoms with Gasteiger partial charge in [-0.1, -0.05) is 78.9 Å². The highest BCUT2D eigenvalue weighted by molar-refractivity contribution is 8.00. The van der Waals surface area contributed by atoms with Crippen LogP contribution in [0, 0.1) is 0 Å². The predicted octanol–water partition coefficient (Wildman–Crippen LogP) is 6.98. The highest BCUT2D eigenvalue weighted by Crippen LogP contribution is 2.23. The molecule has 41 heavy (non-hydrogen) atoms. The summed E-state index contributed by atoms with van der Waals surface area (Å²) in [7, 11) is 0. The molecule has 0 aromatic heterocycles. The number of anilines is 2. The summed E-state index contributed by atoms with van der Waals surface area (Å²) in [5.74, 6) is -0.683. The third-order valence-electron chi connectivity index (χ3n) is 6.19. The Morgan fingerprint density at radius 1 is 0.634 bits per heavy atom. The Balaban J connectivity index is 1.30. The molecule has 3 amide bonds. The number of amides is 3. The topological polar surface area (TPSA) is 87.3 Å². The number of carbonyl (C=O) groups is 3. The van der Waals surface area contributed by atoms with Crippen molar-refractivity contribution in [3.63, 3.8) is 0 Å². The standard InChI is InChI=1S/C34H27N3O3S/c38-32(35-27-15-5-2-6-16-27)23-41-29-20-18-28(19-21-29)36-34(40)31(37-33(39)25-11-3-1-4-12-25)22-26-14-9-13-24-10-7-8-17-30(24)26/h1-22H,23H2,(H,35,38)(H,36,40)(H,37,39)/b31-22-. The van der Waals surface area contributed by atoms with Gasteiger partial charge < -0.3 is 16.0 Å². The molecule has 0 saturated heterocycles. The van der Waals surface area contributed by atoms with E-state index in [1.807, 2.05) is 91.0 Å². The SMILES string of the molecule is O=C(CSc1ccc(NC(=O)/C(=C/c2cccc3ccccc23)NC(=O)c2ccccc2)cc1)Nc1ccccc1. The summed E-state index contributed by atoms with van der Waals surface area (Å²) in [6.07, 6.45) is 1.69. The summed E-state index contributed by atoms with van der Waals surface area (Å²) < 4.78 is 0. The van der Waals surface area contributed by atoms with Crippen LogP contribution in [-0.2, 0) is 9.59 Å². The van der Waals surface area contributed by atoms with Crippen molar-refractivity contribution >= 4 is 57.7 Å². The molecule has 0 spiro atoms. The Morgan fingerprint density at radius 3 is 2.02 bits per heavy atom. The number of fused-ring (bicyclic) bond motifs is 1. The van der Waals surface area contributed by atoms with Crippen LogP contribution in [-0.4, -0.2) is 23.5 Å². The van der Waals surface area contributed by atoms with Crippen LogP contribution < -0.4 is 16.0 Å². The fourth-order valence-electron chi connectivity index (χ4n) is 4.17. The van der Waals surface area contributed by atoms with Crippen molar-refractivity contribution < 1.29 is 14.4 Å². The van der Waals surface area contributed by atoms with Gasteiger partial charge in [0.15, 0.2) is 0 Å². The lowest BCUT2D eigenvalue weighted by molar-refractivity contribution is -0.114. The molecule has 0 fully saturated rings. The summed E-state index contributed by atoms with van der Waals surface area (Å²) in [6, 6.07) is 39.0. The molecule has 6 nitrogen and oxygen atoms in total. The number of thioether (sulfide) groups is 1.